The summed E-state index contributed by atoms with van der Waals surface area (Å²) in [4.78, 5) is 15.5. The Balaban J connectivity index is 2.12. The van der Waals surface area contributed by atoms with Gasteiger partial charge < -0.3 is 9.30 Å². The van der Waals surface area contributed by atoms with Crippen molar-refractivity contribution in [1.82, 2.24) is 19.5 Å². The lowest BCUT2D eigenvalue weighted by Crippen LogP contribution is -2.03. The Morgan fingerprint density at radius 3 is 2.76 bits per heavy atom. The summed E-state index contributed by atoms with van der Waals surface area (Å²) in [6.45, 7) is 4.95. The maximum atomic E-state index is 6.03. The highest BCUT2D eigenvalue weighted by Gasteiger charge is 2.16. The second-order valence-electron chi connectivity index (χ2n) is 4.75. The summed E-state index contributed by atoms with van der Waals surface area (Å²) < 4.78 is 7.27. The molecule has 0 aliphatic heterocycles. The fourth-order valence-electron chi connectivity index (χ4n) is 2.26. The molecule has 0 saturated carbocycles. The molecule has 5 nitrogen and oxygen atoms in total. The van der Waals surface area contributed by atoms with E-state index >= 15 is 0 Å². The van der Waals surface area contributed by atoms with Crippen molar-refractivity contribution in [2.24, 2.45) is 0 Å². The molecule has 0 N–H and O–H groups in total. The van der Waals surface area contributed by atoms with E-state index < -0.39 is 0 Å². The van der Waals surface area contributed by atoms with Gasteiger partial charge in [0.2, 0.25) is 5.88 Å². The molecule has 0 fully saturated rings. The monoisotopic (exact) mass is 322 g/mol. The van der Waals surface area contributed by atoms with E-state index in [4.69, 9.17) is 16.3 Å². The number of alkyl halides is 1. The molecule has 0 aromatic carbocycles. The Morgan fingerprint density at radius 1 is 1.33 bits per heavy atom. The van der Waals surface area contributed by atoms with Crippen molar-refractivity contribution in [3.8, 4) is 5.88 Å². The van der Waals surface area contributed by atoms with Crippen LogP contribution in [-0.4, -0.2) is 26.6 Å². The Bertz CT molecular complexity index is 776. The van der Waals surface area contributed by atoms with Gasteiger partial charge in [0.25, 0.3) is 0 Å². The zero-order valence-electron chi connectivity index (χ0n) is 12.1. The predicted molar refractivity (Wildman–Crippen MR) is 84.3 cm³/mol. The summed E-state index contributed by atoms with van der Waals surface area (Å²) in [5.41, 5.74) is 2.71. The molecule has 3 rings (SSSR count). The molecule has 3 heterocycles. The van der Waals surface area contributed by atoms with Gasteiger partial charge in [-0.15, -0.1) is 22.9 Å². The number of rotatable bonds is 4. The number of halogens is 1. The molecule has 0 amide bonds. The Morgan fingerprint density at radius 2 is 2.14 bits per heavy atom. The topological polar surface area (TPSA) is 52.8 Å². The molecule has 0 unspecified atom stereocenters. The summed E-state index contributed by atoms with van der Waals surface area (Å²) in [7, 11) is 1.58. The van der Waals surface area contributed by atoms with Crippen LogP contribution in [-0.2, 0) is 12.4 Å². The second kappa shape index (κ2) is 5.61. The fourth-order valence-corrected chi connectivity index (χ4v) is 3.51. The molecule has 21 heavy (non-hydrogen) atoms. The van der Waals surface area contributed by atoms with E-state index in [1.165, 1.54) is 21.6 Å². The van der Waals surface area contributed by atoms with Gasteiger partial charge in [-0.2, -0.15) is 4.98 Å². The number of ether oxygens (including phenoxy) is 1. The maximum Gasteiger partial charge on any atom is 0.245 e. The van der Waals surface area contributed by atoms with Crippen LogP contribution in [0.3, 0.4) is 0 Å². The lowest BCUT2D eigenvalue weighted by Gasteiger charge is -2.05. The minimum atomic E-state index is 0.322. The third-order valence-electron chi connectivity index (χ3n) is 3.42. The first-order valence-corrected chi connectivity index (χ1v) is 7.85. The van der Waals surface area contributed by atoms with Crippen LogP contribution < -0.4 is 4.74 Å². The van der Waals surface area contributed by atoms with E-state index in [0.717, 1.165) is 11.5 Å². The standard InChI is InChI=1S/C14H15ClN4OS/c1-8-4-10(21-9(8)2)6-19-11(5-15)18-12-13(19)16-7-17-14(12)20-3/h4,7H,5-6H2,1-3H3. The minimum absolute atomic E-state index is 0.322. The number of nitrogens with zero attached hydrogens (tertiary/aromatic N) is 4. The van der Waals surface area contributed by atoms with Crippen molar-refractivity contribution in [2.45, 2.75) is 26.3 Å². The van der Waals surface area contributed by atoms with E-state index in [1.807, 2.05) is 4.57 Å². The number of aryl methyl sites for hydroxylation is 2. The Kier molecular flexibility index (Phi) is 3.82. The van der Waals surface area contributed by atoms with Gasteiger partial charge in [0.15, 0.2) is 11.2 Å². The van der Waals surface area contributed by atoms with Crippen LogP contribution >= 0.6 is 22.9 Å². The van der Waals surface area contributed by atoms with Gasteiger partial charge in [0.1, 0.15) is 12.2 Å². The first-order chi connectivity index (χ1) is 10.1. The number of thiophene rings is 1. The molecule has 0 spiro atoms. The summed E-state index contributed by atoms with van der Waals surface area (Å²) >= 11 is 7.82. The number of hydrogen-bond acceptors (Lipinski definition) is 5. The van der Waals surface area contributed by atoms with Crippen LogP contribution in [0.4, 0.5) is 0 Å². The SMILES string of the molecule is COc1ncnc2c1nc(CCl)n2Cc1cc(C)c(C)s1. The van der Waals surface area contributed by atoms with Crippen LogP contribution in [0.25, 0.3) is 11.2 Å². The smallest absolute Gasteiger partial charge is 0.245 e. The van der Waals surface area contributed by atoms with E-state index in [9.17, 15) is 0 Å². The lowest BCUT2D eigenvalue weighted by atomic mass is 10.3. The van der Waals surface area contributed by atoms with E-state index in [2.05, 4.69) is 34.9 Å². The highest BCUT2D eigenvalue weighted by atomic mass is 35.5. The van der Waals surface area contributed by atoms with Gasteiger partial charge in [0.05, 0.1) is 19.5 Å². The first-order valence-electron chi connectivity index (χ1n) is 6.50. The third kappa shape index (κ3) is 2.49. The number of imidazole rings is 1. The fraction of sp³-hybridized carbons (Fsp3) is 0.357. The molecule has 0 atom stereocenters. The molecule has 0 radical (unpaired) electrons. The Hall–Kier alpha value is -1.66. The lowest BCUT2D eigenvalue weighted by molar-refractivity contribution is 0.401. The van der Waals surface area contributed by atoms with E-state index in [1.54, 1.807) is 18.4 Å². The highest BCUT2D eigenvalue weighted by molar-refractivity contribution is 7.12. The van der Waals surface area contributed by atoms with Gasteiger partial charge in [-0.05, 0) is 25.5 Å². The van der Waals surface area contributed by atoms with Crippen LogP contribution in [0, 0.1) is 13.8 Å². The van der Waals surface area contributed by atoms with Crippen molar-refractivity contribution in [1.29, 1.82) is 0 Å². The molecule has 0 saturated heterocycles. The molecule has 0 aliphatic carbocycles. The predicted octanol–water partition coefficient (Wildman–Crippen LogP) is 3.30. The molecule has 0 bridgehead atoms. The molecular formula is C14H15ClN4OS. The van der Waals surface area contributed by atoms with Gasteiger partial charge in [-0.1, -0.05) is 0 Å². The number of methoxy groups -OCH3 is 1. The summed E-state index contributed by atoms with van der Waals surface area (Å²) in [6.07, 6.45) is 1.49. The summed E-state index contributed by atoms with van der Waals surface area (Å²) in [6, 6.07) is 2.20. The van der Waals surface area contributed by atoms with Crippen molar-refractivity contribution >= 4 is 34.1 Å². The quantitative estimate of drug-likeness (QED) is 0.692. The average molecular weight is 323 g/mol. The summed E-state index contributed by atoms with van der Waals surface area (Å²) in [5.74, 6) is 1.57. The molecule has 7 heteroatoms. The first kappa shape index (κ1) is 14.3. The molecule has 3 aromatic rings. The van der Waals surface area contributed by atoms with Gasteiger partial charge in [0, 0.05) is 9.75 Å². The zero-order chi connectivity index (χ0) is 15.0. The zero-order valence-corrected chi connectivity index (χ0v) is 13.6. The largest absolute Gasteiger partial charge is 0.479 e. The van der Waals surface area contributed by atoms with Crippen molar-refractivity contribution < 1.29 is 4.74 Å². The van der Waals surface area contributed by atoms with Crippen molar-refractivity contribution in [3.63, 3.8) is 0 Å². The summed E-state index contributed by atoms with van der Waals surface area (Å²) in [5, 5.41) is 0. The Labute approximate surface area is 131 Å². The number of hydrogen-bond donors (Lipinski definition) is 0. The second-order valence-corrected chi connectivity index (χ2v) is 6.36. The normalized spacial score (nSPS) is 11.2. The van der Waals surface area contributed by atoms with Crippen LogP contribution in [0.2, 0.25) is 0 Å². The highest BCUT2D eigenvalue weighted by Crippen LogP contribution is 2.26. The molecule has 110 valence electrons. The van der Waals surface area contributed by atoms with Gasteiger partial charge in [-0.3, -0.25) is 0 Å². The van der Waals surface area contributed by atoms with Gasteiger partial charge in [-0.25, -0.2) is 9.97 Å². The van der Waals surface area contributed by atoms with Crippen molar-refractivity contribution in [3.05, 3.63) is 33.5 Å². The van der Waals surface area contributed by atoms with Crippen LogP contribution in [0.15, 0.2) is 12.4 Å². The minimum Gasteiger partial charge on any atom is -0.479 e. The van der Waals surface area contributed by atoms with Crippen molar-refractivity contribution in [2.75, 3.05) is 7.11 Å². The molecular weight excluding hydrogens is 308 g/mol. The van der Waals surface area contributed by atoms with Gasteiger partial charge >= 0.3 is 0 Å². The number of aromatic nitrogens is 4. The van der Waals surface area contributed by atoms with Crippen LogP contribution in [0.5, 0.6) is 5.88 Å². The van der Waals surface area contributed by atoms with E-state index in [0.29, 0.717) is 23.8 Å². The number of fused-ring (bicyclic) bond motifs is 1. The third-order valence-corrected chi connectivity index (χ3v) is 4.80. The molecule has 3 aromatic heterocycles. The maximum absolute atomic E-state index is 6.03. The molecule has 0 aliphatic rings. The van der Waals surface area contributed by atoms with E-state index in [-0.39, 0.29) is 0 Å². The average Bonchev–Trinajstić information content (AvgIpc) is 3.00. The van der Waals surface area contributed by atoms with Crippen LogP contribution in [0.1, 0.15) is 21.1 Å².